The maximum absolute atomic E-state index is 11.1. The van der Waals surface area contributed by atoms with Gasteiger partial charge in [0.05, 0.1) is 0 Å². The highest BCUT2D eigenvalue weighted by atomic mass is 35.5. The Labute approximate surface area is 104 Å². The summed E-state index contributed by atoms with van der Waals surface area (Å²) in [5, 5.41) is 12.5. The fourth-order valence-electron chi connectivity index (χ4n) is 1.81. The molecule has 2 N–H and O–H groups in total. The number of hydrogen-bond acceptors (Lipinski definition) is 5. The second-order valence-electron chi connectivity index (χ2n) is 3.88. The highest BCUT2D eigenvalue weighted by Crippen LogP contribution is 2.17. The average Bonchev–Trinajstić information content (AvgIpc) is 2.27. The Morgan fingerprint density at radius 3 is 3.06 bits per heavy atom. The molecule has 2 heterocycles. The summed E-state index contributed by atoms with van der Waals surface area (Å²) in [6.07, 6.45) is 0. The minimum Gasteiger partial charge on any atom is -0.480 e. The van der Waals surface area contributed by atoms with Crippen LogP contribution in [0, 0.1) is 6.92 Å². The number of carbonyl (C=O) groups is 1. The SMILES string of the molecule is Cc1cc(Cl)nc(N2CCNCC2C(=O)O)n1. The van der Waals surface area contributed by atoms with E-state index in [4.69, 9.17) is 16.7 Å². The van der Waals surface area contributed by atoms with E-state index in [1.54, 1.807) is 17.9 Å². The van der Waals surface area contributed by atoms with Gasteiger partial charge in [0.2, 0.25) is 5.95 Å². The largest absolute Gasteiger partial charge is 0.480 e. The Balaban J connectivity index is 2.32. The molecule has 1 unspecified atom stereocenters. The molecule has 1 aromatic rings. The van der Waals surface area contributed by atoms with E-state index in [0.717, 1.165) is 5.69 Å². The highest BCUT2D eigenvalue weighted by molar-refractivity contribution is 6.29. The van der Waals surface area contributed by atoms with Gasteiger partial charge in [0.15, 0.2) is 0 Å². The van der Waals surface area contributed by atoms with Gasteiger partial charge in [0.25, 0.3) is 0 Å². The molecule has 0 amide bonds. The van der Waals surface area contributed by atoms with Crippen molar-refractivity contribution in [2.75, 3.05) is 24.5 Å². The van der Waals surface area contributed by atoms with Gasteiger partial charge in [-0.05, 0) is 13.0 Å². The lowest BCUT2D eigenvalue weighted by Gasteiger charge is -2.33. The molecule has 0 aromatic carbocycles. The maximum atomic E-state index is 11.1. The Hall–Kier alpha value is -1.40. The number of rotatable bonds is 2. The summed E-state index contributed by atoms with van der Waals surface area (Å²) in [5.74, 6) is -0.512. The standard InChI is InChI=1S/C10H13ClN4O2/c1-6-4-8(11)14-10(13-6)15-3-2-12-5-7(15)9(16)17/h4,7,12H,2-3,5H2,1H3,(H,16,17). The molecule has 92 valence electrons. The predicted octanol–water partition coefficient (Wildman–Crippen LogP) is 0.301. The van der Waals surface area contributed by atoms with Crippen molar-refractivity contribution >= 4 is 23.5 Å². The zero-order valence-corrected chi connectivity index (χ0v) is 10.1. The molecule has 1 aromatic heterocycles. The Morgan fingerprint density at radius 2 is 2.41 bits per heavy atom. The van der Waals surface area contributed by atoms with Crippen molar-refractivity contribution in [2.24, 2.45) is 0 Å². The summed E-state index contributed by atoms with van der Waals surface area (Å²) in [6, 6.07) is 0.991. The van der Waals surface area contributed by atoms with Crippen LogP contribution in [0.4, 0.5) is 5.95 Å². The van der Waals surface area contributed by atoms with Crippen LogP contribution in [0.1, 0.15) is 5.69 Å². The van der Waals surface area contributed by atoms with Crippen LogP contribution in [0.3, 0.4) is 0 Å². The fourth-order valence-corrected chi connectivity index (χ4v) is 2.04. The van der Waals surface area contributed by atoms with Gasteiger partial charge in [0, 0.05) is 25.3 Å². The van der Waals surface area contributed by atoms with E-state index in [0.29, 0.717) is 30.7 Å². The number of aliphatic carboxylic acids is 1. The van der Waals surface area contributed by atoms with Crippen molar-refractivity contribution in [3.63, 3.8) is 0 Å². The summed E-state index contributed by atoms with van der Waals surface area (Å²) in [4.78, 5) is 21.1. The van der Waals surface area contributed by atoms with Gasteiger partial charge in [-0.2, -0.15) is 0 Å². The number of anilines is 1. The van der Waals surface area contributed by atoms with E-state index in [-0.39, 0.29) is 0 Å². The van der Waals surface area contributed by atoms with Crippen molar-refractivity contribution in [1.82, 2.24) is 15.3 Å². The molecule has 17 heavy (non-hydrogen) atoms. The minimum absolute atomic E-state index is 0.329. The number of nitrogens with zero attached hydrogens (tertiary/aromatic N) is 3. The Bertz CT molecular complexity index is 420. The second-order valence-corrected chi connectivity index (χ2v) is 4.27. The highest BCUT2D eigenvalue weighted by Gasteiger charge is 2.30. The smallest absolute Gasteiger partial charge is 0.327 e. The van der Waals surface area contributed by atoms with E-state index in [1.807, 2.05) is 0 Å². The normalized spacial score (nSPS) is 20.4. The van der Waals surface area contributed by atoms with E-state index in [1.165, 1.54) is 0 Å². The molecule has 0 radical (unpaired) electrons. The fraction of sp³-hybridized carbons (Fsp3) is 0.500. The first-order valence-corrected chi connectivity index (χ1v) is 5.67. The van der Waals surface area contributed by atoms with Crippen LogP contribution in [0.2, 0.25) is 5.15 Å². The second kappa shape index (κ2) is 4.85. The molecule has 1 atom stereocenters. The number of hydrogen-bond donors (Lipinski definition) is 2. The van der Waals surface area contributed by atoms with E-state index < -0.39 is 12.0 Å². The van der Waals surface area contributed by atoms with Crippen LogP contribution in [0.25, 0.3) is 0 Å². The molecule has 7 heteroatoms. The molecule has 0 aliphatic carbocycles. The lowest BCUT2D eigenvalue weighted by atomic mass is 10.2. The van der Waals surface area contributed by atoms with Gasteiger partial charge >= 0.3 is 5.97 Å². The lowest BCUT2D eigenvalue weighted by Crippen LogP contribution is -2.55. The van der Waals surface area contributed by atoms with Crippen molar-refractivity contribution in [1.29, 1.82) is 0 Å². The number of halogens is 1. The van der Waals surface area contributed by atoms with Crippen molar-refractivity contribution in [2.45, 2.75) is 13.0 Å². The molecular weight excluding hydrogens is 244 g/mol. The van der Waals surface area contributed by atoms with Crippen LogP contribution in [0.5, 0.6) is 0 Å². The first-order chi connectivity index (χ1) is 8.08. The molecular formula is C10H13ClN4O2. The number of aryl methyl sites for hydroxylation is 1. The minimum atomic E-state index is -0.890. The molecule has 1 fully saturated rings. The average molecular weight is 257 g/mol. The monoisotopic (exact) mass is 256 g/mol. The third-order valence-electron chi connectivity index (χ3n) is 2.60. The Morgan fingerprint density at radius 1 is 1.65 bits per heavy atom. The number of aromatic nitrogens is 2. The molecule has 1 aliphatic rings. The molecule has 0 bridgehead atoms. The zero-order chi connectivity index (χ0) is 12.4. The van der Waals surface area contributed by atoms with Crippen LogP contribution in [0.15, 0.2) is 6.07 Å². The molecule has 1 aliphatic heterocycles. The number of piperazine rings is 1. The first kappa shape index (κ1) is 12.1. The summed E-state index contributed by atoms with van der Waals surface area (Å²) >= 11 is 5.86. The van der Waals surface area contributed by atoms with E-state index in [2.05, 4.69) is 15.3 Å². The van der Waals surface area contributed by atoms with E-state index in [9.17, 15) is 4.79 Å². The first-order valence-electron chi connectivity index (χ1n) is 5.29. The van der Waals surface area contributed by atoms with Crippen molar-refractivity contribution in [3.05, 3.63) is 16.9 Å². The van der Waals surface area contributed by atoms with Gasteiger partial charge in [0.1, 0.15) is 11.2 Å². The third kappa shape index (κ3) is 2.65. The Kier molecular flexibility index (Phi) is 3.44. The quantitative estimate of drug-likeness (QED) is 0.741. The van der Waals surface area contributed by atoms with Crippen LogP contribution >= 0.6 is 11.6 Å². The summed E-state index contributed by atoms with van der Waals surface area (Å²) in [6.45, 7) is 3.44. The molecule has 6 nitrogen and oxygen atoms in total. The van der Waals surface area contributed by atoms with Gasteiger partial charge in [-0.3, -0.25) is 0 Å². The number of carboxylic acid groups (broad SMARTS) is 1. The maximum Gasteiger partial charge on any atom is 0.327 e. The molecule has 0 saturated carbocycles. The topological polar surface area (TPSA) is 78.4 Å². The molecule has 2 rings (SSSR count). The number of nitrogens with one attached hydrogen (secondary N) is 1. The summed E-state index contributed by atoms with van der Waals surface area (Å²) in [5.41, 5.74) is 0.725. The van der Waals surface area contributed by atoms with Crippen molar-refractivity contribution in [3.8, 4) is 0 Å². The van der Waals surface area contributed by atoms with Crippen LogP contribution in [-0.2, 0) is 4.79 Å². The third-order valence-corrected chi connectivity index (χ3v) is 2.79. The summed E-state index contributed by atoms with van der Waals surface area (Å²) in [7, 11) is 0. The van der Waals surface area contributed by atoms with Crippen LogP contribution < -0.4 is 10.2 Å². The van der Waals surface area contributed by atoms with Gasteiger partial charge in [-0.1, -0.05) is 11.6 Å². The van der Waals surface area contributed by atoms with Gasteiger partial charge in [-0.25, -0.2) is 14.8 Å². The molecule has 1 saturated heterocycles. The predicted molar refractivity (Wildman–Crippen MR) is 63.4 cm³/mol. The van der Waals surface area contributed by atoms with E-state index >= 15 is 0 Å². The number of carboxylic acids is 1. The van der Waals surface area contributed by atoms with Crippen LogP contribution in [-0.4, -0.2) is 46.7 Å². The summed E-state index contributed by atoms with van der Waals surface area (Å²) < 4.78 is 0. The molecule has 0 spiro atoms. The lowest BCUT2D eigenvalue weighted by molar-refractivity contribution is -0.138. The van der Waals surface area contributed by atoms with Gasteiger partial charge in [-0.15, -0.1) is 0 Å². The van der Waals surface area contributed by atoms with Crippen molar-refractivity contribution < 1.29 is 9.90 Å². The van der Waals surface area contributed by atoms with Gasteiger partial charge < -0.3 is 15.3 Å². The zero-order valence-electron chi connectivity index (χ0n) is 9.35.